The number of aromatic nitrogens is 5. The van der Waals surface area contributed by atoms with Gasteiger partial charge in [-0.2, -0.15) is 0 Å². The van der Waals surface area contributed by atoms with Gasteiger partial charge in [-0.1, -0.05) is 49.4 Å². The van der Waals surface area contributed by atoms with Crippen molar-refractivity contribution in [1.82, 2.24) is 30.1 Å². The van der Waals surface area contributed by atoms with Crippen LogP contribution in [0, 0.1) is 0 Å². The molecular formula is C27H28N6OS. The highest BCUT2D eigenvalue weighted by molar-refractivity contribution is 7.09. The Labute approximate surface area is 208 Å². The maximum Gasteiger partial charge on any atom is 0.252 e. The number of thiophene rings is 1. The average Bonchev–Trinajstić information content (AvgIpc) is 3.55. The molecule has 0 aliphatic rings. The largest absolute Gasteiger partial charge is 0.322 e. The van der Waals surface area contributed by atoms with Crippen LogP contribution in [0.15, 0.2) is 76.9 Å². The van der Waals surface area contributed by atoms with Gasteiger partial charge in [0.2, 0.25) is 0 Å². The second-order valence-electron chi connectivity index (χ2n) is 8.68. The highest BCUT2D eigenvalue weighted by Gasteiger charge is 2.16. The Bertz CT molecular complexity index is 1440. The van der Waals surface area contributed by atoms with Gasteiger partial charge < -0.3 is 4.98 Å². The first kappa shape index (κ1) is 23.1. The Balaban J connectivity index is 1.39. The van der Waals surface area contributed by atoms with E-state index < -0.39 is 0 Å². The first-order chi connectivity index (χ1) is 17.2. The van der Waals surface area contributed by atoms with Gasteiger partial charge in [-0.3, -0.25) is 9.69 Å². The third-order valence-corrected chi connectivity index (χ3v) is 7.03. The second kappa shape index (κ2) is 10.8. The van der Waals surface area contributed by atoms with Crippen LogP contribution in [-0.2, 0) is 39.0 Å². The monoisotopic (exact) mass is 484 g/mol. The van der Waals surface area contributed by atoms with E-state index in [0.717, 1.165) is 41.7 Å². The fourth-order valence-corrected chi connectivity index (χ4v) is 5.01. The van der Waals surface area contributed by atoms with Crippen molar-refractivity contribution in [3.63, 3.8) is 0 Å². The molecule has 5 rings (SSSR count). The van der Waals surface area contributed by atoms with Crippen LogP contribution >= 0.6 is 11.3 Å². The van der Waals surface area contributed by atoms with Crippen LogP contribution in [0.25, 0.3) is 10.9 Å². The van der Waals surface area contributed by atoms with E-state index in [-0.39, 0.29) is 5.56 Å². The molecule has 0 saturated heterocycles. The number of aromatic amines is 1. The van der Waals surface area contributed by atoms with E-state index in [1.807, 2.05) is 35.0 Å². The lowest BCUT2D eigenvalue weighted by Crippen LogP contribution is -2.28. The number of tetrazole rings is 1. The first-order valence-electron chi connectivity index (χ1n) is 11.9. The van der Waals surface area contributed by atoms with Crippen molar-refractivity contribution < 1.29 is 0 Å². The molecule has 0 aliphatic heterocycles. The zero-order valence-electron chi connectivity index (χ0n) is 19.7. The SMILES string of the molecule is CCc1ccc2[nH]c(=O)c(CN(Cc3cccs3)Cc3nnnn3CCc3ccccc3)cc2c1. The summed E-state index contributed by atoms with van der Waals surface area (Å²) in [7, 11) is 0. The van der Waals surface area contributed by atoms with Crippen molar-refractivity contribution in [3.05, 3.63) is 110 Å². The Kier molecular flexibility index (Phi) is 7.11. The van der Waals surface area contributed by atoms with E-state index >= 15 is 0 Å². The summed E-state index contributed by atoms with van der Waals surface area (Å²) in [6.45, 7) is 4.61. The molecule has 3 heterocycles. The molecule has 0 bridgehead atoms. The van der Waals surface area contributed by atoms with Crippen molar-refractivity contribution in [2.75, 3.05) is 0 Å². The summed E-state index contributed by atoms with van der Waals surface area (Å²) in [4.78, 5) is 19.5. The van der Waals surface area contributed by atoms with Crippen molar-refractivity contribution in [3.8, 4) is 0 Å². The molecule has 0 amide bonds. The predicted octanol–water partition coefficient (Wildman–Crippen LogP) is 4.58. The lowest BCUT2D eigenvalue weighted by molar-refractivity contribution is 0.237. The number of hydrogen-bond acceptors (Lipinski definition) is 6. The molecule has 0 radical (unpaired) electrons. The van der Waals surface area contributed by atoms with Crippen LogP contribution in [0.4, 0.5) is 0 Å². The van der Waals surface area contributed by atoms with Crippen molar-refractivity contribution >= 4 is 22.2 Å². The van der Waals surface area contributed by atoms with Crippen molar-refractivity contribution in [1.29, 1.82) is 0 Å². The smallest absolute Gasteiger partial charge is 0.252 e. The van der Waals surface area contributed by atoms with Gasteiger partial charge in [-0.05, 0) is 69.4 Å². The minimum Gasteiger partial charge on any atom is -0.322 e. The van der Waals surface area contributed by atoms with Gasteiger partial charge in [0, 0.05) is 35.6 Å². The Hall–Kier alpha value is -3.62. The third kappa shape index (κ3) is 5.72. The fourth-order valence-electron chi connectivity index (χ4n) is 4.26. The Morgan fingerprint density at radius 2 is 1.86 bits per heavy atom. The number of nitrogens with one attached hydrogen (secondary N) is 1. The molecule has 7 nitrogen and oxygen atoms in total. The zero-order chi connectivity index (χ0) is 24.0. The van der Waals surface area contributed by atoms with Crippen LogP contribution in [0.5, 0.6) is 0 Å². The predicted molar refractivity (Wildman–Crippen MR) is 139 cm³/mol. The fraction of sp³-hybridized carbons (Fsp3) is 0.259. The minimum atomic E-state index is -0.0541. The van der Waals surface area contributed by atoms with Gasteiger partial charge in [0.05, 0.1) is 6.54 Å². The lowest BCUT2D eigenvalue weighted by Gasteiger charge is -2.21. The molecule has 0 aliphatic carbocycles. The zero-order valence-corrected chi connectivity index (χ0v) is 20.5. The maximum atomic E-state index is 12.9. The highest BCUT2D eigenvalue weighted by Crippen LogP contribution is 2.19. The van der Waals surface area contributed by atoms with Crippen LogP contribution < -0.4 is 5.56 Å². The van der Waals surface area contributed by atoms with Gasteiger partial charge >= 0.3 is 0 Å². The van der Waals surface area contributed by atoms with Crippen molar-refractivity contribution in [2.45, 2.75) is 45.9 Å². The number of pyridine rings is 1. The molecule has 0 unspecified atom stereocenters. The molecular weight excluding hydrogens is 456 g/mol. The Morgan fingerprint density at radius 1 is 0.971 bits per heavy atom. The molecule has 5 aromatic rings. The third-order valence-electron chi connectivity index (χ3n) is 6.17. The summed E-state index contributed by atoms with van der Waals surface area (Å²) in [5, 5.41) is 15.6. The number of aryl methyl sites for hydroxylation is 3. The number of benzene rings is 2. The second-order valence-corrected chi connectivity index (χ2v) is 9.71. The summed E-state index contributed by atoms with van der Waals surface area (Å²) in [6.07, 6.45) is 1.81. The minimum absolute atomic E-state index is 0.0541. The number of nitrogens with zero attached hydrogens (tertiary/aromatic N) is 5. The van der Waals surface area contributed by atoms with Crippen LogP contribution in [-0.4, -0.2) is 30.1 Å². The first-order valence-corrected chi connectivity index (χ1v) is 12.7. The maximum absolute atomic E-state index is 12.9. The van der Waals surface area contributed by atoms with E-state index in [9.17, 15) is 4.79 Å². The summed E-state index contributed by atoms with van der Waals surface area (Å²) in [5.74, 6) is 0.794. The van der Waals surface area contributed by atoms with E-state index in [1.54, 1.807) is 11.3 Å². The molecule has 0 spiro atoms. The van der Waals surface area contributed by atoms with Crippen LogP contribution in [0.3, 0.4) is 0 Å². The summed E-state index contributed by atoms with van der Waals surface area (Å²) < 4.78 is 1.87. The molecule has 1 N–H and O–H groups in total. The van der Waals surface area contributed by atoms with Gasteiger partial charge in [0.25, 0.3) is 5.56 Å². The summed E-state index contributed by atoms with van der Waals surface area (Å²) in [6, 6.07) is 22.7. The van der Waals surface area contributed by atoms with E-state index in [0.29, 0.717) is 19.6 Å². The van der Waals surface area contributed by atoms with E-state index in [2.05, 4.69) is 74.1 Å². The average molecular weight is 485 g/mol. The van der Waals surface area contributed by atoms with Crippen molar-refractivity contribution in [2.24, 2.45) is 0 Å². The summed E-state index contributed by atoms with van der Waals surface area (Å²) >= 11 is 1.71. The number of hydrogen-bond donors (Lipinski definition) is 1. The molecule has 3 aromatic heterocycles. The Morgan fingerprint density at radius 3 is 2.66 bits per heavy atom. The molecule has 8 heteroatoms. The molecule has 0 fully saturated rings. The molecule has 0 atom stereocenters. The standard InChI is InChI=1S/C27H28N6OS/c1-2-20-10-11-25-22(15-20)16-23(27(34)28-25)17-32(18-24-9-6-14-35-24)19-26-29-30-31-33(26)13-12-21-7-4-3-5-8-21/h3-11,14-16H,2,12-13,17-19H2,1H3,(H,28,34). The molecule has 35 heavy (non-hydrogen) atoms. The molecule has 178 valence electrons. The normalized spacial score (nSPS) is 11.5. The lowest BCUT2D eigenvalue weighted by atomic mass is 10.1. The van der Waals surface area contributed by atoms with E-state index in [4.69, 9.17) is 0 Å². The van der Waals surface area contributed by atoms with Gasteiger partial charge in [0.1, 0.15) is 0 Å². The number of rotatable bonds is 10. The van der Waals surface area contributed by atoms with Crippen LogP contribution in [0.2, 0.25) is 0 Å². The van der Waals surface area contributed by atoms with Gasteiger partial charge in [-0.25, -0.2) is 4.68 Å². The quantitative estimate of drug-likeness (QED) is 0.314. The highest BCUT2D eigenvalue weighted by atomic mass is 32.1. The van der Waals surface area contributed by atoms with E-state index in [1.165, 1.54) is 16.0 Å². The molecule has 2 aromatic carbocycles. The molecule has 0 saturated carbocycles. The van der Waals surface area contributed by atoms with Gasteiger partial charge in [-0.15, -0.1) is 16.4 Å². The summed E-state index contributed by atoms with van der Waals surface area (Å²) in [5.41, 5.74) is 4.06. The van der Waals surface area contributed by atoms with Crippen LogP contribution in [0.1, 0.15) is 34.3 Å². The number of fused-ring (bicyclic) bond motifs is 1. The topological polar surface area (TPSA) is 79.7 Å². The van der Waals surface area contributed by atoms with Gasteiger partial charge in [0.15, 0.2) is 5.82 Å². The number of H-pyrrole nitrogens is 1.